The highest BCUT2D eigenvalue weighted by atomic mass is 31.2. The van der Waals surface area contributed by atoms with Gasteiger partial charge in [-0.15, -0.1) is 0 Å². The zero-order chi connectivity index (χ0) is 18.0. The van der Waals surface area contributed by atoms with Crippen molar-refractivity contribution < 1.29 is 28.8 Å². The topological polar surface area (TPSA) is 104 Å². The zero-order valence-corrected chi connectivity index (χ0v) is 15.2. The number of aliphatic hydroxyl groups is 1. The second kappa shape index (κ2) is 5.61. The lowest BCUT2D eigenvalue weighted by Gasteiger charge is -2.55. The number of fused-ring (bicyclic) bond motifs is 5. The van der Waals surface area contributed by atoms with Gasteiger partial charge in [0.05, 0.1) is 6.10 Å². The van der Waals surface area contributed by atoms with Crippen LogP contribution >= 0.6 is 7.82 Å². The Hall–Kier alpha value is -0.780. The minimum absolute atomic E-state index is 0.0590. The summed E-state index contributed by atoms with van der Waals surface area (Å²) in [5.41, 5.74) is -0.486. The maximum atomic E-state index is 11.7. The van der Waals surface area contributed by atoms with Gasteiger partial charge in [-0.2, -0.15) is 0 Å². The summed E-state index contributed by atoms with van der Waals surface area (Å²) >= 11 is 0. The summed E-state index contributed by atoms with van der Waals surface area (Å²) < 4.78 is 16.5. The molecule has 0 heterocycles. The zero-order valence-electron chi connectivity index (χ0n) is 14.3. The van der Waals surface area contributed by atoms with Gasteiger partial charge in [0.25, 0.3) is 0 Å². The SMILES string of the molecule is C[C@]12CCC3C(CCC4=CC(=O)C=C[C@]43O)C1CCC2OP(=O)(O)O. The molecule has 3 N–H and O–H groups in total. The molecule has 0 radical (unpaired) electrons. The summed E-state index contributed by atoms with van der Waals surface area (Å²) in [6, 6.07) is 0. The lowest BCUT2D eigenvalue weighted by atomic mass is 9.51. The summed E-state index contributed by atoms with van der Waals surface area (Å²) in [6.07, 6.45) is 8.92. The van der Waals surface area contributed by atoms with Crippen molar-refractivity contribution in [3.63, 3.8) is 0 Å². The van der Waals surface area contributed by atoms with E-state index >= 15 is 0 Å². The van der Waals surface area contributed by atoms with E-state index in [1.807, 2.05) is 0 Å². The molecule has 4 rings (SSSR count). The molecule has 0 saturated heterocycles. The number of hydrogen-bond acceptors (Lipinski definition) is 4. The van der Waals surface area contributed by atoms with Gasteiger partial charge in [-0.1, -0.05) is 6.92 Å². The summed E-state index contributed by atoms with van der Waals surface area (Å²) in [5.74, 6) is 0.557. The van der Waals surface area contributed by atoms with Crippen molar-refractivity contribution in [1.29, 1.82) is 0 Å². The molecule has 3 fully saturated rings. The molecular formula is C18H25O6P. The molecule has 7 heteroatoms. The first kappa shape index (κ1) is 17.6. The molecule has 4 aliphatic carbocycles. The van der Waals surface area contributed by atoms with Gasteiger partial charge in [-0.3, -0.25) is 9.32 Å². The number of phosphoric acid groups is 1. The summed E-state index contributed by atoms with van der Waals surface area (Å²) in [4.78, 5) is 30.1. The van der Waals surface area contributed by atoms with Crippen LogP contribution in [0.2, 0.25) is 0 Å². The van der Waals surface area contributed by atoms with Crippen molar-refractivity contribution in [3.8, 4) is 0 Å². The fourth-order valence-electron chi connectivity index (χ4n) is 6.14. The van der Waals surface area contributed by atoms with Crippen molar-refractivity contribution in [3.05, 3.63) is 23.8 Å². The van der Waals surface area contributed by atoms with Crippen molar-refractivity contribution in [2.45, 2.75) is 57.2 Å². The summed E-state index contributed by atoms with van der Waals surface area (Å²) in [7, 11) is -4.51. The molecule has 4 aliphatic rings. The van der Waals surface area contributed by atoms with Gasteiger partial charge >= 0.3 is 7.82 Å². The van der Waals surface area contributed by atoms with E-state index in [2.05, 4.69) is 6.92 Å². The maximum Gasteiger partial charge on any atom is 0.469 e. The summed E-state index contributed by atoms with van der Waals surface area (Å²) in [6.45, 7) is 2.08. The number of hydrogen-bond donors (Lipinski definition) is 3. The Morgan fingerprint density at radius 3 is 2.68 bits per heavy atom. The van der Waals surface area contributed by atoms with Gasteiger partial charge in [0.2, 0.25) is 0 Å². The van der Waals surface area contributed by atoms with Gasteiger partial charge in [0.1, 0.15) is 5.60 Å². The van der Waals surface area contributed by atoms with Gasteiger partial charge in [-0.25, -0.2) is 4.57 Å². The summed E-state index contributed by atoms with van der Waals surface area (Å²) in [5, 5.41) is 11.3. The quantitative estimate of drug-likeness (QED) is 0.647. The third-order valence-corrected chi connectivity index (χ3v) is 7.79. The van der Waals surface area contributed by atoms with Crippen LogP contribution in [-0.4, -0.2) is 32.4 Å². The lowest BCUT2D eigenvalue weighted by Crippen LogP contribution is -2.54. The van der Waals surface area contributed by atoms with Gasteiger partial charge in [-0.05, 0) is 85.5 Å². The molecule has 25 heavy (non-hydrogen) atoms. The van der Waals surface area contributed by atoms with Crippen molar-refractivity contribution >= 4 is 13.6 Å². The molecule has 6 nitrogen and oxygen atoms in total. The molecule has 6 atom stereocenters. The van der Waals surface area contributed by atoms with Crippen LogP contribution in [-0.2, 0) is 13.9 Å². The Morgan fingerprint density at radius 1 is 1.20 bits per heavy atom. The molecule has 4 unspecified atom stereocenters. The standard InChI is InChI=1S/C18H25O6P/c1-17-8-7-15-13(14(17)4-5-16(17)24-25(21,22)23)3-2-11-10-12(19)6-9-18(11,15)20/h6,9-10,13-16,20H,2-5,7-8H2,1H3,(H2,21,22,23)/t13?,14?,15?,16?,17-,18-/m0/s1. The average Bonchev–Trinajstić information content (AvgIpc) is 2.83. The Bertz CT molecular complexity index is 708. The van der Waals surface area contributed by atoms with Crippen LogP contribution in [0, 0.1) is 23.2 Å². The van der Waals surface area contributed by atoms with E-state index in [0.717, 1.165) is 31.3 Å². The Labute approximate surface area is 147 Å². The fourth-order valence-corrected chi connectivity index (χ4v) is 6.81. The Balaban J connectivity index is 1.62. The van der Waals surface area contributed by atoms with E-state index in [-0.39, 0.29) is 29.0 Å². The van der Waals surface area contributed by atoms with E-state index in [1.165, 1.54) is 6.08 Å². The van der Waals surface area contributed by atoms with E-state index in [0.29, 0.717) is 12.8 Å². The number of ketones is 1. The molecule has 0 aromatic heterocycles. The third kappa shape index (κ3) is 2.70. The number of phosphoric ester groups is 1. The molecule has 0 aliphatic heterocycles. The molecule has 138 valence electrons. The van der Waals surface area contributed by atoms with Crippen molar-refractivity contribution in [1.82, 2.24) is 0 Å². The minimum Gasteiger partial charge on any atom is -0.381 e. The smallest absolute Gasteiger partial charge is 0.381 e. The van der Waals surface area contributed by atoms with Crippen molar-refractivity contribution in [2.75, 3.05) is 0 Å². The van der Waals surface area contributed by atoms with Crippen LogP contribution in [0.25, 0.3) is 0 Å². The largest absolute Gasteiger partial charge is 0.469 e. The minimum atomic E-state index is -4.51. The highest BCUT2D eigenvalue weighted by Gasteiger charge is 2.60. The predicted octanol–water partition coefficient (Wildman–Crippen LogP) is 2.50. The lowest BCUT2D eigenvalue weighted by molar-refractivity contribution is -0.112. The highest BCUT2D eigenvalue weighted by molar-refractivity contribution is 7.46. The van der Waals surface area contributed by atoms with E-state index in [1.54, 1.807) is 12.2 Å². The van der Waals surface area contributed by atoms with Gasteiger partial charge in [0, 0.05) is 0 Å². The molecule has 0 bridgehead atoms. The van der Waals surface area contributed by atoms with E-state index in [4.69, 9.17) is 4.52 Å². The van der Waals surface area contributed by atoms with Crippen LogP contribution in [0.4, 0.5) is 0 Å². The second-order valence-electron chi connectivity index (χ2n) is 8.35. The molecule has 0 spiro atoms. The number of rotatable bonds is 2. The number of carbonyl (C=O) groups is 1. The first-order valence-electron chi connectivity index (χ1n) is 9.04. The van der Waals surface area contributed by atoms with Crippen molar-refractivity contribution in [2.24, 2.45) is 23.2 Å². The van der Waals surface area contributed by atoms with E-state index < -0.39 is 19.5 Å². The fraction of sp³-hybridized carbons (Fsp3) is 0.722. The van der Waals surface area contributed by atoms with E-state index in [9.17, 15) is 24.3 Å². The predicted molar refractivity (Wildman–Crippen MR) is 90.4 cm³/mol. The molecule has 0 aromatic rings. The average molecular weight is 368 g/mol. The van der Waals surface area contributed by atoms with Gasteiger partial charge in [0.15, 0.2) is 5.78 Å². The van der Waals surface area contributed by atoms with Crippen LogP contribution < -0.4 is 0 Å². The highest BCUT2D eigenvalue weighted by Crippen LogP contribution is 2.64. The van der Waals surface area contributed by atoms with Gasteiger partial charge < -0.3 is 14.9 Å². The third-order valence-electron chi connectivity index (χ3n) is 7.26. The molecular weight excluding hydrogens is 343 g/mol. The van der Waals surface area contributed by atoms with Crippen LogP contribution in [0.1, 0.15) is 45.4 Å². The van der Waals surface area contributed by atoms with Crippen LogP contribution in [0.15, 0.2) is 23.8 Å². The van der Waals surface area contributed by atoms with Crippen LogP contribution in [0.3, 0.4) is 0 Å². The molecule has 0 aromatic carbocycles. The number of allylic oxidation sites excluding steroid dienone is 2. The molecule has 0 amide bonds. The monoisotopic (exact) mass is 368 g/mol. The first-order valence-corrected chi connectivity index (χ1v) is 10.6. The Kier molecular flexibility index (Phi) is 3.95. The first-order chi connectivity index (χ1) is 11.6. The number of carbonyl (C=O) groups excluding carboxylic acids is 1. The maximum absolute atomic E-state index is 11.7. The second-order valence-corrected chi connectivity index (χ2v) is 9.54. The Morgan fingerprint density at radius 2 is 1.96 bits per heavy atom. The normalized spacial score (nSPS) is 46.2. The van der Waals surface area contributed by atoms with Crippen LogP contribution in [0.5, 0.6) is 0 Å². The molecule has 3 saturated carbocycles.